The molecule has 0 aliphatic heterocycles. The molecule has 0 aliphatic rings. The molecule has 1 aromatic rings. The van der Waals surface area contributed by atoms with Gasteiger partial charge in [-0.3, -0.25) is 0 Å². The third-order valence-electron chi connectivity index (χ3n) is 1.75. The summed E-state index contributed by atoms with van der Waals surface area (Å²) in [6.45, 7) is 0. The van der Waals surface area contributed by atoms with Gasteiger partial charge in [0.15, 0.2) is 9.79 Å². The molecule has 0 radical (unpaired) electrons. The van der Waals surface area contributed by atoms with Crippen molar-refractivity contribution in [3.8, 4) is 0 Å². The van der Waals surface area contributed by atoms with Crippen molar-refractivity contribution in [3.05, 3.63) is 24.3 Å². The van der Waals surface area contributed by atoms with Gasteiger partial charge in [-0.2, -0.15) is 0 Å². The third kappa shape index (κ3) is 2.46. The molecular weight excluding hydrogens is 184 g/mol. The van der Waals surface area contributed by atoms with E-state index in [1.807, 2.05) is 0 Å². The molecule has 0 fully saturated rings. The molecule has 0 N–H and O–H groups in total. The average Bonchev–Trinajstić information content (AvgIpc) is 2.04. The van der Waals surface area contributed by atoms with E-state index < -0.39 is 0 Å². The molecule has 0 saturated heterocycles. The number of rotatable bonds is 2. The lowest BCUT2D eigenvalue weighted by molar-refractivity contribution is 1.32. The normalized spacial score (nSPS) is 11.2. The van der Waals surface area contributed by atoms with Crippen molar-refractivity contribution in [1.82, 2.24) is 0 Å². The van der Waals surface area contributed by atoms with Crippen molar-refractivity contribution >= 4 is 21.8 Å². The van der Waals surface area contributed by atoms with Crippen LogP contribution in [0.1, 0.15) is 0 Å². The molecule has 0 aromatic heterocycles. The smallest absolute Gasteiger partial charge is 0.0523 e. The molecule has 2 heteroatoms. The van der Waals surface area contributed by atoms with E-state index in [0.717, 1.165) is 0 Å². The fraction of sp³-hybridized carbons (Fsp3) is 0.400. The SMILES string of the molecule is C[S+](C)c1cccc([S+](C)C)c1. The van der Waals surface area contributed by atoms with Crippen LogP contribution in [0.15, 0.2) is 34.1 Å². The Morgan fingerprint density at radius 1 is 0.833 bits per heavy atom. The van der Waals surface area contributed by atoms with Crippen LogP contribution in [0, 0.1) is 0 Å². The molecule has 1 rings (SSSR count). The number of benzene rings is 1. The van der Waals surface area contributed by atoms with Crippen LogP contribution in [0.2, 0.25) is 0 Å². The number of hydrogen-bond acceptors (Lipinski definition) is 0. The van der Waals surface area contributed by atoms with E-state index in [1.165, 1.54) is 9.79 Å². The second kappa shape index (κ2) is 4.24. The Kier molecular flexibility index (Phi) is 3.53. The maximum atomic E-state index is 2.34. The third-order valence-corrected chi connectivity index (χ3v) is 4.14. The van der Waals surface area contributed by atoms with Crippen LogP contribution in [0.4, 0.5) is 0 Å². The van der Waals surface area contributed by atoms with Gasteiger partial charge in [-0.25, -0.2) is 0 Å². The van der Waals surface area contributed by atoms with Gasteiger partial charge in [0.1, 0.15) is 25.0 Å². The first-order valence-electron chi connectivity index (χ1n) is 3.86. The summed E-state index contributed by atoms with van der Waals surface area (Å²) in [5.74, 6) is 0. The van der Waals surface area contributed by atoms with Gasteiger partial charge in [0.05, 0.1) is 0 Å². The quantitative estimate of drug-likeness (QED) is 0.642. The number of hydrogen-bond donors (Lipinski definition) is 0. The predicted octanol–water partition coefficient (Wildman–Crippen LogP) is 2.16. The van der Waals surface area contributed by atoms with Gasteiger partial charge in [0, 0.05) is 27.9 Å². The molecule has 0 nitrogen and oxygen atoms in total. The highest BCUT2D eigenvalue weighted by molar-refractivity contribution is 7.96. The summed E-state index contributed by atoms with van der Waals surface area (Å²) in [5, 5.41) is 0. The Morgan fingerprint density at radius 2 is 1.25 bits per heavy atom. The van der Waals surface area contributed by atoms with Crippen molar-refractivity contribution in [2.75, 3.05) is 25.0 Å². The molecule has 66 valence electrons. The van der Waals surface area contributed by atoms with Crippen LogP contribution in [0.3, 0.4) is 0 Å². The summed E-state index contributed by atoms with van der Waals surface area (Å²) in [4.78, 5) is 2.96. The van der Waals surface area contributed by atoms with Crippen LogP contribution in [0.25, 0.3) is 0 Å². The molecule has 0 amide bonds. The van der Waals surface area contributed by atoms with E-state index in [1.54, 1.807) is 0 Å². The van der Waals surface area contributed by atoms with Gasteiger partial charge in [-0.05, 0) is 12.1 Å². The van der Waals surface area contributed by atoms with Gasteiger partial charge >= 0.3 is 0 Å². The summed E-state index contributed by atoms with van der Waals surface area (Å²) in [6, 6.07) is 8.95. The predicted molar refractivity (Wildman–Crippen MR) is 61.4 cm³/mol. The Bertz CT molecular complexity index is 231. The Balaban J connectivity index is 2.96. The van der Waals surface area contributed by atoms with Crippen LogP contribution in [-0.4, -0.2) is 25.0 Å². The Labute approximate surface area is 81.1 Å². The minimum atomic E-state index is 0.399. The first-order chi connectivity index (χ1) is 5.61. The summed E-state index contributed by atoms with van der Waals surface area (Å²) in [7, 11) is 0.797. The molecule has 0 atom stereocenters. The molecule has 0 saturated carbocycles. The van der Waals surface area contributed by atoms with Gasteiger partial charge in [-0.1, -0.05) is 6.07 Å². The van der Waals surface area contributed by atoms with Crippen LogP contribution in [0.5, 0.6) is 0 Å². The lowest BCUT2D eigenvalue weighted by Crippen LogP contribution is -2.00. The highest BCUT2D eigenvalue weighted by Crippen LogP contribution is 2.15. The highest BCUT2D eigenvalue weighted by atomic mass is 32.2. The van der Waals surface area contributed by atoms with Crippen molar-refractivity contribution in [1.29, 1.82) is 0 Å². The first kappa shape index (κ1) is 10.0. The van der Waals surface area contributed by atoms with Gasteiger partial charge in [-0.15, -0.1) is 0 Å². The van der Waals surface area contributed by atoms with E-state index in [0.29, 0.717) is 21.8 Å². The standard InChI is InChI=1S/C10H16S2/c1-11(2)9-6-5-7-10(8-9)12(3)4/h5-8H,1-4H3/q+2. The Morgan fingerprint density at radius 3 is 1.58 bits per heavy atom. The molecule has 0 bridgehead atoms. The minimum Gasteiger partial charge on any atom is -0.0523 e. The molecule has 0 aliphatic carbocycles. The lowest BCUT2D eigenvalue weighted by Gasteiger charge is -1.98. The van der Waals surface area contributed by atoms with Crippen molar-refractivity contribution in [2.45, 2.75) is 9.79 Å². The van der Waals surface area contributed by atoms with E-state index in [-0.39, 0.29) is 0 Å². The summed E-state index contributed by atoms with van der Waals surface area (Å²) in [6.07, 6.45) is 9.07. The molecular formula is C10H16S2+2. The molecule has 0 heterocycles. The van der Waals surface area contributed by atoms with E-state index in [2.05, 4.69) is 49.3 Å². The second-order valence-corrected chi connectivity index (χ2v) is 7.32. The zero-order chi connectivity index (χ0) is 9.14. The molecule has 0 unspecified atom stereocenters. The minimum absolute atomic E-state index is 0.399. The van der Waals surface area contributed by atoms with Crippen LogP contribution in [-0.2, 0) is 21.8 Å². The summed E-state index contributed by atoms with van der Waals surface area (Å²) in [5.41, 5.74) is 0. The lowest BCUT2D eigenvalue weighted by atomic mass is 10.4. The van der Waals surface area contributed by atoms with E-state index in [9.17, 15) is 0 Å². The first-order valence-corrected chi connectivity index (χ1v) is 7.95. The fourth-order valence-corrected chi connectivity index (χ4v) is 2.48. The zero-order valence-corrected chi connectivity index (χ0v) is 9.76. The maximum Gasteiger partial charge on any atom is 0.159 e. The van der Waals surface area contributed by atoms with Crippen LogP contribution < -0.4 is 0 Å². The van der Waals surface area contributed by atoms with E-state index in [4.69, 9.17) is 0 Å². The summed E-state index contributed by atoms with van der Waals surface area (Å²) >= 11 is 0. The zero-order valence-electron chi connectivity index (χ0n) is 8.13. The average molecular weight is 200 g/mol. The van der Waals surface area contributed by atoms with Gasteiger partial charge < -0.3 is 0 Å². The van der Waals surface area contributed by atoms with Gasteiger partial charge in [0.2, 0.25) is 0 Å². The van der Waals surface area contributed by atoms with Gasteiger partial charge in [0.25, 0.3) is 0 Å². The Hall–Kier alpha value is -0.0800. The molecule has 12 heavy (non-hydrogen) atoms. The van der Waals surface area contributed by atoms with Crippen molar-refractivity contribution in [2.24, 2.45) is 0 Å². The topological polar surface area (TPSA) is 0 Å². The molecule has 0 spiro atoms. The maximum absolute atomic E-state index is 2.34. The second-order valence-electron chi connectivity index (χ2n) is 3.11. The van der Waals surface area contributed by atoms with Crippen LogP contribution >= 0.6 is 0 Å². The highest BCUT2D eigenvalue weighted by Gasteiger charge is 2.14. The fourth-order valence-electron chi connectivity index (χ4n) is 0.982. The summed E-state index contributed by atoms with van der Waals surface area (Å²) < 4.78 is 0. The van der Waals surface area contributed by atoms with Crippen molar-refractivity contribution in [3.63, 3.8) is 0 Å². The molecule has 1 aromatic carbocycles. The monoisotopic (exact) mass is 200 g/mol. The van der Waals surface area contributed by atoms with Crippen molar-refractivity contribution < 1.29 is 0 Å². The van der Waals surface area contributed by atoms with E-state index >= 15 is 0 Å². The largest absolute Gasteiger partial charge is 0.159 e.